The molecular weight excluding hydrogens is 266 g/mol. The Hall–Kier alpha value is -1.59. The topological polar surface area (TPSA) is 70.2 Å². The summed E-state index contributed by atoms with van der Waals surface area (Å²) < 4.78 is 0. The van der Waals surface area contributed by atoms with Gasteiger partial charge in [-0.15, -0.1) is 0 Å². The number of hydrogen-bond donors (Lipinski definition) is 3. The van der Waals surface area contributed by atoms with E-state index in [1.165, 1.54) is 7.05 Å². The molecule has 0 aliphatic rings. The van der Waals surface area contributed by atoms with E-state index in [1.54, 1.807) is 13.0 Å². The highest BCUT2D eigenvalue weighted by Gasteiger charge is 2.18. The van der Waals surface area contributed by atoms with Crippen molar-refractivity contribution in [3.05, 3.63) is 34.9 Å². The second-order valence-corrected chi connectivity index (χ2v) is 4.61. The molecule has 0 saturated heterocycles. The van der Waals surface area contributed by atoms with Gasteiger partial charge in [-0.05, 0) is 25.5 Å². The summed E-state index contributed by atoms with van der Waals surface area (Å²) >= 11 is 6.08. The lowest BCUT2D eigenvalue weighted by Crippen LogP contribution is -2.47. The average molecular weight is 284 g/mol. The van der Waals surface area contributed by atoms with E-state index in [0.29, 0.717) is 5.02 Å². The quantitative estimate of drug-likeness (QED) is 0.790. The smallest absolute Gasteiger partial charge is 0.321 e. The molecule has 19 heavy (non-hydrogen) atoms. The molecule has 3 amide bonds. The van der Waals surface area contributed by atoms with E-state index in [9.17, 15) is 9.59 Å². The zero-order valence-corrected chi connectivity index (χ0v) is 11.9. The van der Waals surface area contributed by atoms with E-state index < -0.39 is 18.0 Å². The lowest BCUT2D eigenvalue weighted by Gasteiger charge is -2.20. The second kappa shape index (κ2) is 7.11. The van der Waals surface area contributed by atoms with Gasteiger partial charge in [0.05, 0.1) is 6.04 Å². The monoisotopic (exact) mass is 283 g/mol. The van der Waals surface area contributed by atoms with Gasteiger partial charge in [0.2, 0.25) is 5.91 Å². The van der Waals surface area contributed by atoms with Gasteiger partial charge in [0.25, 0.3) is 0 Å². The first-order chi connectivity index (χ1) is 8.95. The Morgan fingerprint density at radius 2 is 1.84 bits per heavy atom. The molecular formula is C13H18ClN3O2. The Bertz CT molecular complexity index is 465. The number of hydrogen-bond acceptors (Lipinski definition) is 3. The zero-order chi connectivity index (χ0) is 14.4. The third kappa shape index (κ3) is 4.54. The first-order valence-electron chi connectivity index (χ1n) is 5.98. The molecule has 0 aromatic heterocycles. The summed E-state index contributed by atoms with van der Waals surface area (Å²) in [5, 5.41) is 8.27. The van der Waals surface area contributed by atoms with Crippen LogP contribution in [0.4, 0.5) is 4.79 Å². The van der Waals surface area contributed by atoms with Crippen molar-refractivity contribution in [1.29, 1.82) is 0 Å². The summed E-state index contributed by atoms with van der Waals surface area (Å²) in [6.45, 7) is 3.59. The number of amides is 3. The van der Waals surface area contributed by atoms with Crippen LogP contribution in [0.2, 0.25) is 5.02 Å². The minimum absolute atomic E-state index is 0.0980. The van der Waals surface area contributed by atoms with E-state index in [4.69, 9.17) is 11.6 Å². The first kappa shape index (κ1) is 15.5. The minimum Gasteiger partial charge on any atom is -0.341 e. The van der Waals surface area contributed by atoms with Crippen molar-refractivity contribution in [1.82, 2.24) is 16.0 Å². The van der Waals surface area contributed by atoms with Crippen LogP contribution < -0.4 is 16.0 Å². The predicted octanol–water partition coefficient (Wildman–Crippen LogP) is 1.83. The lowest BCUT2D eigenvalue weighted by atomic mass is 10.1. The van der Waals surface area contributed by atoms with E-state index in [1.807, 2.05) is 25.1 Å². The van der Waals surface area contributed by atoms with Crippen molar-refractivity contribution in [3.63, 3.8) is 0 Å². The summed E-state index contributed by atoms with van der Waals surface area (Å²) in [7, 11) is 1.45. The number of carbonyl (C=O) groups is 2. The Balaban J connectivity index is 2.62. The van der Waals surface area contributed by atoms with Crippen LogP contribution in [-0.2, 0) is 4.79 Å². The molecule has 1 aromatic rings. The molecule has 0 fully saturated rings. The van der Waals surface area contributed by atoms with E-state index in [0.717, 1.165) is 5.56 Å². The largest absolute Gasteiger partial charge is 0.341 e. The maximum absolute atomic E-state index is 11.7. The van der Waals surface area contributed by atoms with E-state index in [-0.39, 0.29) is 6.04 Å². The maximum Gasteiger partial charge on any atom is 0.321 e. The van der Waals surface area contributed by atoms with Gasteiger partial charge >= 0.3 is 6.03 Å². The highest BCUT2D eigenvalue weighted by atomic mass is 35.5. The minimum atomic E-state index is -0.524. The number of imide groups is 1. The fraction of sp³-hybridized carbons (Fsp3) is 0.385. The molecule has 0 aliphatic carbocycles. The molecule has 0 heterocycles. The van der Waals surface area contributed by atoms with Crippen molar-refractivity contribution in [2.75, 3.05) is 7.05 Å². The van der Waals surface area contributed by atoms with Crippen LogP contribution in [-0.4, -0.2) is 25.0 Å². The van der Waals surface area contributed by atoms with Crippen LogP contribution in [0.5, 0.6) is 0 Å². The van der Waals surface area contributed by atoms with Gasteiger partial charge in [0, 0.05) is 18.1 Å². The number of rotatable bonds is 4. The van der Waals surface area contributed by atoms with Crippen molar-refractivity contribution in [3.8, 4) is 0 Å². The normalized spacial score (nSPS) is 13.5. The third-order valence-electron chi connectivity index (χ3n) is 2.73. The molecule has 6 heteroatoms. The molecule has 0 radical (unpaired) electrons. The summed E-state index contributed by atoms with van der Waals surface area (Å²) in [4.78, 5) is 22.7. The molecule has 0 spiro atoms. The number of benzene rings is 1. The van der Waals surface area contributed by atoms with Crippen molar-refractivity contribution in [2.45, 2.75) is 25.9 Å². The SMILES string of the molecule is CNC(=O)NC(=O)[C@@H](C)N[C@@H](C)c1ccccc1Cl. The summed E-state index contributed by atoms with van der Waals surface area (Å²) in [6, 6.07) is 6.29. The van der Waals surface area contributed by atoms with Gasteiger partial charge in [-0.2, -0.15) is 0 Å². The fourth-order valence-electron chi connectivity index (χ4n) is 1.65. The Labute approximate surface area is 117 Å². The molecule has 104 valence electrons. The molecule has 1 rings (SSSR count). The Kier molecular flexibility index (Phi) is 5.79. The van der Waals surface area contributed by atoms with Crippen LogP contribution in [0.25, 0.3) is 0 Å². The highest BCUT2D eigenvalue weighted by molar-refractivity contribution is 6.31. The van der Waals surface area contributed by atoms with Gasteiger partial charge in [-0.25, -0.2) is 4.79 Å². The zero-order valence-electron chi connectivity index (χ0n) is 11.2. The molecule has 3 N–H and O–H groups in total. The molecule has 0 bridgehead atoms. The van der Waals surface area contributed by atoms with Gasteiger partial charge in [-0.3, -0.25) is 15.4 Å². The summed E-state index contributed by atoms with van der Waals surface area (Å²) in [6.07, 6.45) is 0. The Morgan fingerprint density at radius 3 is 2.42 bits per heavy atom. The number of urea groups is 1. The van der Waals surface area contributed by atoms with Crippen LogP contribution in [0.3, 0.4) is 0 Å². The van der Waals surface area contributed by atoms with Gasteiger partial charge in [0.15, 0.2) is 0 Å². The van der Waals surface area contributed by atoms with Crippen LogP contribution in [0.15, 0.2) is 24.3 Å². The predicted molar refractivity (Wildman–Crippen MR) is 75.1 cm³/mol. The molecule has 5 nitrogen and oxygen atoms in total. The molecule has 0 unspecified atom stereocenters. The standard InChI is InChI=1S/C13H18ClN3O2/c1-8(10-6-4-5-7-11(10)14)16-9(2)12(18)17-13(19)15-3/h4-9,16H,1-3H3,(H2,15,17,18,19)/t8-,9+/m0/s1. The van der Waals surface area contributed by atoms with Crippen molar-refractivity contribution < 1.29 is 9.59 Å². The van der Waals surface area contributed by atoms with E-state index in [2.05, 4.69) is 16.0 Å². The average Bonchev–Trinajstić information content (AvgIpc) is 2.38. The van der Waals surface area contributed by atoms with Crippen molar-refractivity contribution >= 4 is 23.5 Å². The lowest BCUT2D eigenvalue weighted by molar-refractivity contribution is -0.121. The van der Waals surface area contributed by atoms with Crippen LogP contribution in [0, 0.1) is 0 Å². The molecule has 1 aromatic carbocycles. The van der Waals surface area contributed by atoms with Crippen LogP contribution >= 0.6 is 11.6 Å². The number of halogens is 1. The van der Waals surface area contributed by atoms with Gasteiger partial charge in [-0.1, -0.05) is 29.8 Å². The molecule has 2 atom stereocenters. The number of nitrogens with one attached hydrogen (secondary N) is 3. The summed E-state index contributed by atoms with van der Waals surface area (Å²) in [5.41, 5.74) is 0.906. The maximum atomic E-state index is 11.7. The highest BCUT2D eigenvalue weighted by Crippen LogP contribution is 2.22. The van der Waals surface area contributed by atoms with Gasteiger partial charge < -0.3 is 5.32 Å². The molecule has 0 saturated carbocycles. The van der Waals surface area contributed by atoms with E-state index >= 15 is 0 Å². The van der Waals surface area contributed by atoms with Gasteiger partial charge in [0.1, 0.15) is 0 Å². The number of carbonyl (C=O) groups excluding carboxylic acids is 2. The fourth-order valence-corrected chi connectivity index (χ4v) is 1.95. The van der Waals surface area contributed by atoms with Crippen molar-refractivity contribution in [2.24, 2.45) is 0 Å². The Morgan fingerprint density at radius 1 is 1.21 bits per heavy atom. The molecule has 0 aliphatic heterocycles. The second-order valence-electron chi connectivity index (χ2n) is 4.20. The summed E-state index contributed by atoms with van der Waals surface area (Å²) in [5.74, 6) is -0.391. The first-order valence-corrected chi connectivity index (χ1v) is 6.36. The third-order valence-corrected chi connectivity index (χ3v) is 3.07. The van der Waals surface area contributed by atoms with Crippen LogP contribution in [0.1, 0.15) is 25.5 Å².